The van der Waals surface area contributed by atoms with Gasteiger partial charge in [-0.05, 0) is 42.8 Å². The van der Waals surface area contributed by atoms with Gasteiger partial charge in [-0.25, -0.2) is 15.0 Å². The number of aromatic nitrogens is 3. The maximum absolute atomic E-state index is 12.4. The average molecular weight is 312 g/mol. The summed E-state index contributed by atoms with van der Waals surface area (Å²) >= 11 is 5.88. The van der Waals surface area contributed by atoms with E-state index in [1.807, 2.05) is 19.1 Å². The van der Waals surface area contributed by atoms with Crippen molar-refractivity contribution in [3.05, 3.63) is 70.8 Å². The molecule has 22 heavy (non-hydrogen) atoms. The van der Waals surface area contributed by atoms with Gasteiger partial charge < -0.3 is 10.3 Å². The molecule has 0 spiro atoms. The fourth-order valence-corrected chi connectivity index (χ4v) is 2.21. The van der Waals surface area contributed by atoms with Crippen LogP contribution in [0.2, 0.25) is 5.15 Å². The van der Waals surface area contributed by atoms with Crippen molar-refractivity contribution in [1.82, 2.24) is 15.0 Å². The summed E-state index contributed by atoms with van der Waals surface area (Å²) in [5.41, 5.74) is 2.88. The highest BCUT2D eigenvalue weighted by atomic mass is 35.5. The van der Waals surface area contributed by atoms with E-state index >= 15 is 0 Å². The maximum Gasteiger partial charge on any atom is 0.219 e. The minimum absolute atomic E-state index is 0.0797. The third-order valence-corrected chi connectivity index (χ3v) is 3.29. The average Bonchev–Trinajstić information content (AvgIpc) is 2.54. The molecule has 2 aromatic heterocycles. The van der Waals surface area contributed by atoms with Gasteiger partial charge in [0.05, 0.1) is 5.69 Å². The largest absolute Gasteiger partial charge is 0.752 e. The van der Waals surface area contributed by atoms with Gasteiger partial charge in [0.15, 0.2) is 0 Å². The number of pyridine rings is 1. The topological polar surface area (TPSA) is 65.0 Å². The molecule has 110 valence electrons. The number of aryl methyl sites for hydroxylation is 1. The summed E-state index contributed by atoms with van der Waals surface area (Å²) in [5, 5.41) is 13.5. The second-order valence-electron chi connectivity index (χ2n) is 4.74. The molecule has 0 radical (unpaired) electrons. The van der Waals surface area contributed by atoms with E-state index in [2.05, 4.69) is 15.0 Å². The van der Waals surface area contributed by atoms with E-state index in [1.165, 1.54) is 0 Å². The molecule has 0 aliphatic heterocycles. The number of hydrogen-bond acceptors (Lipinski definition) is 5. The number of nitrogens with zero attached hydrogens (tertiary/aromatic N) is 4. The van der Waals surface area contributed by atoms with Crippen molar-refractivity contribution in [1.29, 1.82) is 0 Å². The van der Waals surface area contributed by atoms with Crippen LogP contribution < -0.4 is 5.06 Å². The Kier molecular flexibility index (Phi) is 4.00. The van der Waals surface area contributed by atoms with Gasteiger partial charge in [-0.2, -0.15) is 0 Å². The second kappa shape index (κ2) is 6.09. The minimum Gasteiger partial charge on any atom is -0.752 e. The molecule has 0 aliphatic carbocycles. The van der Waals surface area contributed by atoms with Crippen molar-refractivity contribution in [2.24, 2.45) is 0 Å². The van der Waals surface area contributed by atoms with Gasteiger partial charge >= 0.3 is 0 Å². The first-order valence-corrected chi connectivity index (χ1v) is 7.00. The Balaban J connectivity index is 1.97. The summed E-state index contributed by atoms with van der Waals surface area (Å²) in [7, 11) is 0. The maximum atomic E-state index is 12.4. The summed E-state index contributed by atoms with van der Waals surface area (Å²) in [4.78, 5) is 12.3. The zero-order valence-electron chi connectivity index (χ0n) is 11.8. The number of benzene rings is 1. The van der Waals surface area contributed by atoms with Gasteiger partial charge in [0.2, 0.25) is 5.95 Å². The number of anilines is 2. The lowest BCUT2D eigenvalue weighted by Gasteiger charge is -2.28. The SMILES string of the molecule is Cc1cccc(N([O-])c2nccc(-c3ccnc(Cl)c3)n2)c1. The lowest BCUT2D eigenvalue weighted by molar-refractivity contribution is 1.08. The Hall–Kier alpha value is -2.50. The molecule has 0 saturated heterocycles. The highest BCUT2D eigenvalue weighted by molar-refractivity contribution is 6.29. The Morgan fingerprint density at radius 3 is 2.64 bits per heavy atom. The lowest BCUT2D eigenvalue weighted by Crippen LogP contribution is -2.11. The Morgan fingerprint density at radius 1 is 1.05 bits per heavy atom. The van der Waals surface area contributed by atoms with E-state index < -0.39 is 0 Å². The monoisotopic (exact) mass is 311 g/mol. The zero-order chi connectivity index (χ0) is 15.5. The van der Waals surface area contributed by atoms with Crippen molar-refractivity contribution in [2.75, 3.05) is 5.06 Å². The summed E-state index contributed by atoms with van der Waals surface area (Å²) in [6.07, 6.45) is 3.14. The summed E-state index contributed by atoms with van der Waals surface area (Å²) < 4.78 is 0. The molecule has 3 rings (SSSR count). The predicted molar refractivity (Wildman–Crippen MR) is 87.0 cm³/mol. The van der Waals surface area contributed by atoms with Gasteiger partial charge in [0, 0.05) is 23.6 Å². The lowest BCUT2D eigenvalue weighted by atomic mass is 10.2. The molecule has 0 amide bonds. The van der Waals surface area contributed by atoms with Crippen molar-refractivity contribution in [3.63, 3.8) is 0 Å². The molecule has 3 aromatic rings. The molecule has 5 nitrogen and oxygen atoms in total. The van der Waals surface area contributed by atoms with Crippen LogP contribution in [0.3, 0.4) is 0 Å². The smallest absolute Gasteiger partial charge is 0.219 e. The van der Waals surface area contributed by atoms with Crippen LogP contribution in [-0.4, -0.2) is 15.0 Å². The highest BCUT2D eigenvalue weighted by Gasteiger charge is 2.06. The second-order valence-corrected chi connectivity index (χ2v) is 5.13. The summed E-state index contributed by atoms with van der Waals surface area (Å²) in [6.45, 7) is 1.92. The first kappa shape index (κ1) is 14.4. The minimum atomic E-state index is 0.0797. The van der Waals surface area contributed by atoms with E-state index in [0.29, 0.717) is 21.6 Å². The van der Waals surface area contributed by atoms with Crippen LogP contribution in [0.4, 0.5) is 11.6 Å². The molecule has 2 heterocycles. The van der Waals surface area contributed by atoms with E-state index in [9.17, 15) is 5.21 Å². The Morgan fingerprint density at radius 2 is 1.86 bits per heavy atom. The van der Waals surface area contributed by atoms with Gasteiger partial charge in [0.1, 0.15) is 5.15 Å². The molecule has 0 unspecified atom stereocenters. The molecular weight excluding hydrogens is 300 g/mol. The van der Waals surface area contributed by atoms with Crippen molar-refractivity contribution in [3.8, 4) is 11.3 Å². The van der Waals surface area contributed by atoms with E-state index in [-0.39, 0.29) is 5.95 Å². The number of hydrogen-bond donors (Lipinski definition) is 0. The van der Waals surface area contributed by atoms with Crippen molar-refractivity contribution in [2.45, 2.75) is 6.92 Å². The third-order valence-electron chi connectivity index (χ3n) is 3.08. The predicted octanol–water partition coefficient (Wildman–Crippen LogP) is 4.14. The molecule has 1 aromatic carbocycles. The highest BCUT2D eigenvalue weighted by Crippen LogP contribution is 2.25. The molecular formula is C16H12ClN4O-. The number of rotatable bonds is 3. The number of halogens is 1. The molecule has 0 aliphatic rings. The molecule has 0 fully saturated rings. The van der Waals surface area contributed by atoms with Crippen LogP contribution in [0.15, 0.2) is 54.9 Å². The van der Waals surface area contributed by atoms with E-state index in [0.717, 1.165) is 11.1 Å². The first-order valence-electron chi connectivity index (χ1n) is 6.62. The van der Waals surface area contributed by atoms with Crippen LogP contribution in [0.5, 0.6) is 0 Å². The Bertz CT molecular complexity index is 809. The van der Waals surface area contributed by atoms with Crippen LogP contribution in [0.1, 0.15) is 5.56 Å². The molecule has 6 heteroatoms. The van der Waals surface area contributed by atoms with Gasteiger partial charge in [-0.15, -0.1) is 0 Å². The van der Waals surface area contributed by atoms with Gasteiger partial charge in [-0.3, -0.25) is 0 Å². The van der Waals surface area contributed by atoms with Crippen LogP contribution >= 0.6 is 11.6 Å². The van der Waals surface area contributed by atoms with Gasteiger partial charge in [-0.1, -0.05) is 23.7 Å². The van der Waals surface area contributed by atoms with E-state index in [1.54, 1.807) is 42.7 Å². The standard InChI is InChI=1S/C16H12ClN4O/c1-11-3-2-4-13(9-11)21(22)16-19-8-6-14(20-16)12-5-7-18-15(17)10-12/h2-10H,1H3/q-1. The summed E-state index contributed by atoms with van der Waals surface area (Å²) in [6, 6.07) is 12.4. The van der Waals surface area contributed by atoms with Crippen LogP contribution in [0.25, 0.3) is 11.3 Å². The Labute approximate surface area is 132 Å². The normalized spacial score (nSPS) is 10.5. The van der Waals surface area contributed by atoms with E-state index in [4.69, 9.17) is 11.6 Å². The van der Waals surface area contributed by atoms with Crippen LogP contribution in [-0.2, 0) is 0 Å². The molecule has 0 bridgehead atoms. The molecule has 0 N–H and O–H groups in total. The molecule has 0 saturated carbocycles. The van der Waals surface area contributed by atoms with Crippen molar-refractivity contribution < 1.29 is 0 Å². The quantitative estimate of drug-likeness (QED) is 0.537. The van der Waals surface area contributed by atoms with Crippen molar-refractivity contribution >= 4 is 23.2 Å². The van der Waals surface area contributed by atoms with Crippen LogP contribution in [0, 0.1) is 12.1 Å². The first-order chi connectivity index (χ1) is 10.6. The summed E-state index contributed by atoms with van der Waals surface area (Å²) in [5.74, 6) is 0.0797. The molecule has 0 atom stereocenters. The fraction of sp³-hybridized carbons (Fsp3) is 0.0625. The third kappa shape index (κ3) is 3.05. The zero-order valence-corrected chi connectivity index (χ0v) is 12.5. The van der Waals surface area contributed by atoms with Gasteiger partial charge in [0.25, 0.3) is 0 Å². The fourth-order valence-electron chi connectivity index (χ4n) is 2.04.